The van der Waals surface area contributed by atoms with Crippen molar-refractivity contribution in [2.24, 2.45) is 0 Å². The lowest BCUT2D eigenvalue weighted by atomic mass is 10.1. The van der Waals surface area contributed by atoms with Crippen molar-refractivity contribution in [1.82, 2.24) is 5.32 Å². The molecule has 4 rings (SSSR count). The normalized spacial score (nSPS) is 10.4. The SMILES string of the molecule is O=C(Cc1ccc(NC(=O)C(=O)Cc2cc(OCc3ccccc3)ccc2[N+](=O)[O-])cc1)NCc1ccccc1. The van der Waals surface area contributed by atoms with Gasteiger partial charge >= 0.3 is 0 Å². The van der Waals surface area contributed by atoms with Crippen LogP contribution in [-0.2, 0) is 40.4 Å². The average Bonchev–Trinajstić information content (AvgIpc) is 2.97. The summed E-state index contributed by atoms with van der Waals surface area (Å²) in [5.41, 5.74) is 2.81. The van der Waals surface area contributed by atoms with Gasteiger partial charge in [-0.1, -0.05) is 72.8 Å². The average molecular weight is 538 g/mol. The molecule has 4 aromatic carbocycles. The standard InChI is InChI=1S/C31H27N3O6/c35-29(19-25-18-27(15-16-28(25)34(38)39)40-21-24-9-5-2-6-10-24)31(37)33-26-13-11-22(12-14-26)17-30(36)32-20-23-7-3-1-4-8-23/h1-16,18H,17,19-21H2,(H,32,36)(H,33,37). The summed E-state index contributed by atoms with van der Waals surface area (Å²) in [6.45, 7) is 0.674. The second-order valence-electron chi connectivity index (χ2n) is 9.01. The molecule has 0 aromatic heterocycles. The van der Waals surface area contributed by atoms with Crippen LogP contribution in [-0.4, -0.2) is 22.5 Å². The van der Waals surface area contributed by atoms with Crippen molar-refractivity contribution in [3.8, 4) is 5.75 Å². The topological polar surface area (TPSA) is 128 Å². The molecule has 9 heteroatoms. The van der Waals surface area contributed by atoms with Gasteiger partial charge in [0.2, 0.25) is 11.7 Å². The first-order valence-electron chi connectivity index (χ1n) is 12.5. The lowest BCUT2D eigenvalue weighted by Crippen LogP contribution is -2.25. The predicted molar refractivity (Wildman–Crippen MR) is 150 cm³/mol. The third kappa shape index (κ3) is 8.09. The number of amides is 2. The van der Waals surface area contributed by atoms with E-state index in [1.165, 1.54) is 18.2 Å². The minimum absolute atomic E-state index is 0.0765. The van der Waals surface area contributed by atoms with E-state index in [0.29, 0.717) is 18.0 Å². The number of carbonyl (C=O) groups excluding carboxylic acids is 3. The number of hydrogen-bond acceptors (Lipinski definition) is 6. The van der Waals surface area contributed by atoms with Crippen LogP contribution in [0.4, 0.5) is 11.4 Å². The van der Waals surface area contributed by atoms with Gasteiger partial charge in [0, 0.05) is 30.3 Å². The van der Waals surface area contributed by atoms with E-state index in [-0.39, 0.29) is 30.2 Å². The van der Waals surface area contributed by atoms with E-state index < -0.39 is 23.0 Å². The largest absolute Gasteiger partial charge is 0.489 e. The molecule has 4 aromatic rings. The van der Waals surface area contributed by atoms with Gasteiger partial charge < -0.3 is 15.4 Å². The summed E-state index contributed by atoms with van der Waals surface area (Å²) in [5, 5.41) is 16.9. The summed E-state index contributed by atoms with van der Waals surface area (Å²) in [4.78, 5) is 48.3. The number of nitrogens with one attached hydrogen (secondary N) is 2. The number of hydrogen-bond donors (Lipinski definition) is 2. The number of ketones is 1. The van der Waals surface area contributed by atoms with Gasteiger partial charge in [-0.3, -0.25) is 24.5 Å². The molecule has 0 aliphatic carbocycles. The fourth-order valence-corrected chi connectivity index (χ4v) is 3.92. The van der Waals surface area contributed by atoms with E-state index >= 15 is 0 Å². The number of ether oxygens (including phenoxy) is 1. The Morgan fingerprint density at radius 2 is 1.40 bits per heavy atom. The van der Waals surface area contributed by atoms with Gasteiger partial charge in [0.25, 0.3) is 11.6 Å². The van der Waals surface area contributed by atoms with E-state index in [4.69, 9.17) is 4.74 Å². The van der Waals surface area contributed by atoms with Crippen molar-refractivity contribution in [1.29, 1.82) is 0 Å². The zero-order valence-electron chi connectivity index (χ0n) is 21.5. The van der Waals surface area contributed by atoms with Crippen molar-refractivity contribution < 1.29 is 24.0 Å². The molecular formula is C31H27N3O6. The van der Waals surface area contributed by atoms with Crippen molar-refractivity contribution in [2.75, 3.05) is 5.32 Å². The van der Waals surface area contributed by atoms with Crippen LogP contribution in [0.2, 0.25) is 0 Å². The molecule has 0 aliphatic rings. The highest BCUT2D eigenvalue weighted by Crippen LogP contribution is 2.26. The Hall–Kier alpha value is -5.31. The Morgan fingerprint density at radius 1 is 0.750 bits per heavy atom. The van der Waals surface area contributed by atoms with E-state index in [0.717, 1.165) is 16.7 Å². The molecule has 2 N–H and O–H groups in total. The number of carbonyl (C=O) groups is 3. The third-order valence-electron chi connectivity index (χ3n) is 6.01. The molecule has 9 nitrogen and oxygen atoms in total. The Labute approximate surface area is 231 Å². The number of nitrogens with zero attached hydrogens (tertiary/aromatic N) is 1. The molecule has 0 unspecified atom stereocenters. The zero-order valence-corrected chi connectivity index (χ0v) is 21.5. The molecule has 0 atom stereocenters. The molecule has 0 bridgehead atoms. The van der Waals surface area contributed by atoms with Gasteiger partial charge in [-0.15, -0.1) is 0 Å². The minimum Gasteiger partial charge on any atom is -0.489 e. The molecule has 0 aliphatic heterocycles. The smallest absolute Gasteiger partial charge is 0.292 e. The summed E-state index contributed by atoms with van der Waals surface area (Å²) in [7, 11) is 0. The summed E-state index contributed by atoms with van der Waals surface area (Å²) in [6, 6.07) is 29.6. The van der Waals surface area contributed by atoms with Crippen LogP contribution in [0, 0.1) is 10.1 Å². The van der Waals surface area contributed by atoms with E-state index in [9.17, 15) is 24.5 Å². The van der Waals surface area contributed by atoms with Crippen LogP contribution in [0.5, 0.6) is 5.75 Å². The van der Waals surface area contributed by atoms with Crippen LogP contribution in [0.1, 0.15) is 22.3 Å². The second kappa shape index (κ2) is 13.5. The maximum atomic E-state index is 12.7. The maximum Gasteiger partial charge on any atom is 0.292 e. The van der Waals surface area contributed by atoms with Gasteiger partial charge in [0.15, 0.2) is 0 Å². The fraction of sp³-hybridized carbons (Fsp3) is 0.129. The van der Waals surface area contributed by atoms with Crippen molar-refractivity contribution >= 4 is 29.0 Å². The number of Topliss-reactive ketones (excluding diaryl/α,β-unsaturated/α-hetero) is 1. The second-order valence-corrected chi connectivity index (χ2v) is 9.01. The van der Waals surface area contributed by atoms with E-state index in [1.54, 1.807) is 24.3 Å². The number of rotatable bonds is 12. The summed E-state index contributed by atoms with van der Waals surface area (Å²) < 4.78 is 5.72. The molecule has 0 fully saturated rings. The summed E-state index contributed by atoms with van der Waals surface area (Å²) in [6.07, 6.45) is -0.309. The van der Waals surface area contributed by atoms with Crippen molar-refractivity contribution in [3.63, 3.8) is 0 Å². The third-order valence-corrected chi connectivity index (χ3v) is 6.01. The van der Waals surface area contributed by atoms with Crippen LogP contribution in [0.3, 0.4) is 0 Å². The highest BCUT2D eigenvalue weighted by molar-refractivity contribution is 6.41. The van der Waals surface area contributed by atoms with Crippen LogP contribution < -0.4 is 15.4 Å². The first-order chi connectivity index (χ1) is 19.4. The zero-order chi connectivity index (χ0) is 28.3. The van der Waals surface area contributed by atoms with Gasteiger partial charge in [0.05, 0.1) is 11.3 Å². The minimum atomic E-state index is -0.904. The molecule has 40 heavy (non-hydrogen) atoms. The van der Waals surface area contributed by atoms with Gasteiger partial charge in [-0.25, -0.2) is 0 Å². The predicted octanol–water partition coefficient (Wildman–Crippen LogP) is 4.78. The van der Waals surface area contributed by atoms with Crippen LogP contribution in [0.25, 0.3) is 0 Å². The number of anilines is 1. The molecule has 0 saturated carbocycles. The lowest BCUT2D eigenvalue weighted by molar-refractivity contribution is -0.385. The molecule has 202 valence electrons. The Morgan fingerprint density at radius 3 is 2.05 bits per heavy atom. The van der Waals surface area contributed by atoms with Crippen molar-refractivity contribution in [3.05, 3.63) is 135 Å². The summed E-state index contributed by atoms with van der Waals surface area (Å²) >= 11 is 0. The van der Waals surface area contributed by atoms with E-state index in [1.807, 2.05) is 60.7 Å². The van der Waals surface area contributed by atoms with E-state index in [2.05, 4.69) is 10.6 Å². The van der Waals surface area contributed by atoms with Crippen LogP contribution in [0.15, 0.2) is 103 Å². The molecule has 0 radical (unpaired) electrons. The monoisotopic (exact) mass is 537 g/mol. The molecule has 0 saturated heterocycles. The van der Waals surface area contributed by atoms with Gasteiger partial charge in [-0.05, 0) is 41.0 Å². The number of nitro groups is 1. The molecule has 2 amide bonds. The highest BCUT2D eigenvalue weighted by Gasteiger charge is 2.22. The maximum absolute atomic E-state index is 12.7. The first kappa shape index (κ1) is 27.7. The number of benzene rings is 4. The molecular weight excluding hydrogens is 510 g/mol. The molecule has 0 spiro atoms. The lowest BCUT2D eigenvalue weighted by Gasteiger charge is -2.10. The highest BCUT2D eigenvalue weighted by atomic mass is 16.6. The first-order valence-corrected chi connectivity index (χ1v) is 12.5. The number of nitro benzene ring substituents is 1. The fourth-order valence-electron chi connectivity index (χ4n) is 3.92. The van der Waals surface area contributed by atoms with Gasteiger partial charge in [-0.2, -0.15) is 0 Å². The Bertz CT molecular complexity index is 1490. The quantitative estimate of drug-likeness (QED) is 0.152. The Balaban J connectivity index is 1.32. The molecule has 0 heterocycles. The van der Waals surface area contributed by atoms with Crippen LogP contribution >= 0.6 is 0 Å². The van der Waals surface area contributed by atoms with Gasteiger partial charge in [0.1, 0.15) is 12.4 Å². The summed E-state index contributed by atoms with van der Waals surface area (Å²) in [5.74, 6) is -1.54. The van der Waals surface area contributed by atoms with Crippen molar-refractivity contribution in [2.45, 2.75) is 26.0 Å². The Kier molecular flexibility index (Phi) is 9.34.